The Hall–Kier alpha value is -3.71. The third-order valence-electron chi connectivity index (χ3n) is 6.44. The highest BCUT2D eigenvalue weighted by Crippen LogP contribution is 2.34. The number of benzene rings is 3. The van der Waals surface area contributed by atoms with Crippen molar-refractivity contribution in [1.29, 1.82) is 0 Å². The Morgan fingerprint density at radius 3 is 2.52 bits per heavy atom. The first-order valence-electron chi connectivity index (χ1n) is 11.2. The van der Waals surface area contributed by atoms with Crippen LogP contribution >= 0.6 is 0 Å². The van der Waals surface area contributed by atoms with Gasteiger partial charge in [-0.2, -0.15) is 0 Å². The fourth-order valence-electron chi connectivity index (χ4n) is 4.64. The van der Waals surface area contributed by atoms with Crippen LogP contribution in [-0.2, 0) is 11.3 Å². The summed E-state index contributed by atoms with van der Waals surface area (Å²) in [5.41, 5.74) is 2.40. The largest absolute Gasteiger partial charge is 0.508 e. The summed E-state index contributed by atoms with van der Waals surface area (Å²) in [5.74, 6) is 1.50. The number of para-hydroxylation sites is 3. The minimum absolute atomic E-state index is 0.0457. The molecule has 0 spiro atoms. The van der Waals surface area contributed by atoms with Crippen LogP contribution in [0.5, 0.6) is 17.2 Å². The van der Waals surface area contributed by atoms with E-state index in [1.165, 1.54) is 0 Å². The van der Waals surface area contributed by atoms with Gasteiger partial charge >= 0.3 is 0 Å². The van der Waals surface area contributed by atoms with Crippen LogP contribution in [0, 0.1) is 0 Å². The topological polar surface area (TPSA) is 75.4 Å². The van der Waals surface area contributed by atoms with Gasteiger partial charge < -0.3 is 23.9 Å². The van der Waals surface area contributed by atoms with Crippen molar-refractivity contribution in [3.05, 3.63) is 66.2 Å². The van der Waals surface area contributed by atoms with Gasteiger partial charge in [-0.25, -0.2) is 0 Å². The maximum atomic E-state index is 13.0. The second-order valence-electron chi connectivity index (χ2n) is 8.54. The number of rotatable bonds is 3. The van der Waals surface area contributed by atoms with Gasteiger partial charge in [0.1, 0.15) is 23.5 Å². The molecular formula is C26H24N2O5. The van der Waals surface area contributed by atoms with Crippen molar-refractivity contribution < 1.29 is 23.8 Å². The summed E-state index contributed by atoms with van der Waals surface area (Å²) in [6, 6.07) is 18.9. The summed E-state index contributed by atoms with van der Waals surface area (Å²) in [5, 5.41) is 12.6. The molecule has 168 valence electrons. The molecule has 7 heteroatoms. The van der Waals surface area contributed by atoms with Crippen molar-refractivity contribution in [3.8, 4) is 17.2 Å². The van der Waals surface area contributed by atoms with Crippen LogP contribution in [0.15, 0.2) is 65.1 Å². The van der Waals surface area contributed by atoms with E-state index in [1.807, 2.05) is 59.5 Å². The fourth-order valence-corrected chi connectivity index (χ4v) is 4.64. The highest BCUT2D eigenvalue weighted by atomic mass is 16.6. The molecule has 1 aromatic heterocycles. The average molecular weight is 444 g/mol. The van der Waals surface area contributed by atoms with E-state index in [2.05, 4.69) is 4.90 Å². The third-order valence-corrected chi connectivity index (χ3v) is 6.44. The van der Waals surface area contributed by atoms with Crippen molar-refractivity contribution in [2.75, 3.05) is 32.8 Å². The second-order valence-corrected chi connectivity index (χ2v) is 8.54. The maximum absolute atomic E-state index is 13.0. The van der Waals surface area contributed by atoms with Crippen LogP contribution in [0.1, 0.15) is 5.56 Å². The predicted octanol–water partition coefficient (Wildman–Crippen LogP) is 3.78. The van der Waals surface area contributed by atoms with Crippen molar-refractivity contribution in [2.24, 2.45) is 0 Å². The molecule has 3 heterocycles. The standard InChI is InChI=1S/C26H24N2O5/c29-20-14-19-18-5-1-2-6-21(18)32-24(19)13-17(20)15-27-9-11-28(12-10-27)26(30)25-16-31-22-7-3-4-8-23(22)33-25/h1-8,13-14,25,29H,9-12,15-16H2/t25-/m1/s1. The van der Waals surface area contributed by atoms with Crippen molar-refractivity contribution in [3.63, 3.8) is 0 Å². The van der Waals surface area contributed by atoms with E-state index >= 15 is 0 Å². The number of aromatic hydroxyl groups is 1. The Morgan fingerprint density at radius 2 is 1.67 bits per heavy atom. The van der Waals surface area contributed by atoms with Gasteiger partial charge in [-0.3, -0.25) is 9.69 Å². The number of ether oxygens (including phenoxy) is 2. The minimum atomic E-state index is -0.619. The normalized spacial score (nSPS) is 18.7. The lowest BCUT2D eigenvalue weighted by Gasteiger charge is -2.37. The molecule has 2 aliphatic rings. The number of carbonyl (C=O) groups excluding carboxylic acids is 1. The van der Waals surface area contributed by atoms with Gasteiger partial charge in [0, 0.05) is 49.1 Å². The lowest BCUT2D eigenvalue weighted by Crippen LogP contribution is -2.53. The van der Waals surface area contributed by atoms with E-state index < -0.39 is 6.10 Å². The first-order valence-corrected chi connectivity index (χ1v) is 11.2. The lowest BCUT2D eigenvalue weighted by molar-refractivity contribution is -0.143. The number of amides is 1. The van der Waals surface area contributed by atoms with E-state index in [9.17, 15) is 9.90 Å². The fraction of sp³-hybridized carbons (Fsp3) is 0.269. The number of phenolic OH excluding ortho intramolecular Hbond substituents is 1. The predicted molar refractivity (Wildman–Crippen MR) is 124 cm³/mol. The van der Waals surface area contributed by atoms with E-state index in [0.29, 0.717) is 44.2 Å². The number of carbonyl (C=O) groups is 1. The minimum Gasteiger partial charge on any atom is -0.508 e. The van der Waals surface area contributed by atoms with Crippen LogP contribution in [-0.4, -0.2) is 59.7 Å². The molecule has 7 nitrogen and oxygen atoms in total. The number of nitrogens with zero attached hydrogens (tertiary/aromatic N) is 2. The summed E-state index contributed by atoms with van der Waals surface area (Å²) in [7, 11) is 0. The SMILES string of the molecule is O=C([C@H]1COc2ccccc2O1)N1CCN(Cc2cc3oc4ccccc4c3cc2O)CC1. The molecule has 0 aliphatic carbocycles. The molecule has 1 amide bonds. The zero-order valence-corrected chi connectivity index (χ0v) is 18.1. The Bertz CT molecular complexity index is 1340. The van der Waals surface area contributed by atoms with Gasteiger partial charge in [0.25, 0.3) is 5.91 Å². The number of phenols is 1. The Morgan fingerprint density at radius 1 is 0.909 bits per heavy atom. The summed E-state index contributed by atoms with van der Waals surface area (Å²) in [6.07, 6.45) is -0.619. The van der Waals surface area contributed by atoms with E-state index in [0.717, 1.165) is 27.5 Å². The molecule has 0 unspecified atom stereocenters. The summed E-state index contributed by atoms with van der Waals surface area (Å²) >= 11 is 0. The molecular weight excluding hydrogens is 420 g/mol. The first kappa shape index (κ1) is 19.9. The van der Waals surface area contributed by atoms with Crippen LogP contribution < -0.4 is 9.47 Å². The maximum Gasteiger partial charge on any atom is 0.267 e. The summed E-state index contributed by atoms with van der Waals surface area (Å²) in [4.78, 5) is 17.0. The zero-order chi connectivity index (χ0) is 22.4. The van der Waals surface area contributed by atoms with E-state index in [-0.39, 0.29) is 18.3 Å². The van der Waals surface area contributed by atoms with Crippen LogP contribution in [0.2, 0.25) is 0 Å². The average Bonchev–Trinajstić information content (AvgIpc) is 3.21. The molecule has 1 saturated heterocycles. The summed E-state index contributed by atoms with van der Waals surface area (Å²) < 4.78 is 17.5. The molecule has 2 aliphatic heterocycles. The van der Waals surface area contributed by atoms with Crippen LogP contribution in [0.3, 0.4) is 0 Å². The molecule has 33 heavy (non-hydrogen) atoms. The third kappa shape index (κ3) is 3.64. The van der Waals surface area contributed by atoms with Gasteiger partial charge in [0.05, 0.1) is 0 Å². The molecule has 0 radical (unpaired) electrons. The van der Waals surface area contributed by atoms with Crippen LogP contribution in [0.25, 0.3) is 21.9 Å². The van der Waals surface area contributed by atoms with Gasteiger partial charge in [0.15, 0.2) is 11.5 Å². The van der Waals surface area contributed by atoms with Crippen molar-refractivity contribution >= 4 is 27.8 Å². The Balaban J connectivity index is 1.11. The molecule has 4 aromatic rings. The first-order chi connectivity index (χ1) is 16.2. The number of piperazine rings is 1. The summed E-state index contributed by atoms with van der Waals surface area (Å²) in [6.45, 7) is 3.46. The molecule has 3 aromatic carbocycles. The molecule has 1 fully saturated rings. The molecule has 6 rings (SSSR count). The van der Waals surface area contributed by atoms with Gasteiger partial charge in [-0.1, -0.05) is 30.3 Å². The number of hydrogen-bond acceptors (Lipinski definition) is 6. The highest BCUT2D eigenvalue weighted by molar-refractivity contribution is 6.05. The number of furan rings is 1. The second kappa shape index (κ2) is 8.01. The highest BCUT2D eigenvalue weighted by Gasteiger charge is 2.32. The Kier molecular flexibility index (Phi) is 4.84. The molecule has 1 atom stereocenters. The van der Waals surface area contributed by atoms with Crippen molar-refractivity contribution in [1.82, 2.24) is 9.80 Å². The lowest BCUT2D eigenvalue weighted by atomic mass is 10.1. The quantitative estimate of drug-likeness (QED) is 0.519. The van der Waals surface area contributed by atoms with Gasteiger partial charge in [-0.15, -0.1) is 0 Å². The van der Waals surface area contributed by atoms with E-state index in [4.69, 9.17) is 13.9 Å². The molecule has 0 bridgehead atoms. The van der Waals surface area contributed by atoms with Crippen LogP contribution in [0.4, 0.5) is 0 Å². The number of fused-ring (bicyclic) bond motifs is 4. The monoisotopic (exact) mass is 444 g/mol. The van der Waals surface area contributed by atoms with Gasteiger partial charge in [0.2, 0.25) is 6.10 Å². The molecule has 1 N–H and O–H groups in total. The van der Waals surface area contributed by atoms with Gasteiger partial charge in [-0.05, 0) is 30.3 Å². The number of hydrogen-bond donors (Lipinski definition) is 1. The smallest absolute Gasteiger partial charge is 0.267 e. The zero-order valence-electron chi connectivity index (χ0n) is 18.1. The molecule has 0 saturated carbocycles. The van der Waals surface area contributed by atoms with Crippen molar-refractivity contribution in [2.45, 2.75) is 12.6 Å². The Labute approximate surface area is 190 Å². The van der Waals surface area contributed by atoms with E-state index in [1.54, 1.807) is 6.07 Å².